The van der Waals surface area contributed by atoms with E-state index in [9.17, 15) is 4.79 Å². The Bertz CT molecular complexity index is 360. The highest BCUT2D eigenvalue weighted by Crippen LogP contribution is 2.18. The van der Waals surface area contributed by atoms with Crippen LogP contribution in [-0.4, -0.2) is 24.1 Å². The summed E-state index contributed by atoms with van der Waals surface area (Å²) in [6, 6.07) is 5.84. The minimum Gasteiger partial charge on any atom is -0.335 e. The number of pyridine rings is 1. The van der Waals surface area contributed by atoms with E-state index in [1.807, 2.05) is 18.2 Å². The maximum atomic E-state index is 12.0. The van der Waals surface area contributed by atoms with E-state index < -0.39 is 0 Å². The third-order valence-electron chi connectivity index (χ3n) is 3.23. The van der Waals surface area contributed by atoms with Crippen LogP contribution in [-0.2, 0) is 0 Å². The van der Waals surface area contributed by atoms with Crippen molar-refractivity contribution >= 4 is 11.8 Å². The van der Waals surface area contributed by atoms with E-state index in [0.29, 0.717) is 11.9 Å². The molecule has 4 heteroatoms. The predicted octanol–water partition coefficient (Wildman–Crippen LogP) is 2.56. The van der Waals surface area contributed by atoms with E-state index in [2.05, 4.69) is 10.3 Å². The van der Waals surface area contributed by atoms with E-state index >= 15 is 0 Å². The standard InChI is InChI=1S/C13H19N3O/c1-16(12-9-5-6-10-14-12)13(17)15-11-7-3-2-4-8-11/h5-6,9-11H,2-4,7-8H2,1H3,(H,15,17). The summed E-state index contributed by atoms with van der Waals surface area (Å²) in [7, 11) is 1.75. The third-order valence-corrected chi connectivity index (χ3v) is 3.23. The van der Waals surface area contributed by atoms with Crippen molar-refractivity contribution in [2.75, 3.05) is 11.9 Å². The maximum Gasteiger partial charge on any atom is 0.323 e. The Kier molecular flexibility index (Phi) is 3.96. The van der Waals surface area contributed by atoms with Gasteiger partial charge >= 0.3 is 6.03 Å². The fourth-order valence-corrected chi connectivity index (χ4v) is 2.17. The van der Waals surface area contributed by atoms with Crippen LogP contribution < -0.4 is 10.2 Å². The second-order valence-electron chi connectivity index (χ2n) is 4.53. The first-order valence-electron chi connectivity index (χ1n) is 6.22. The average Bonchev–Trinajstić information content (AvgIpc) is 2.40. The normalized spacial score (nSPS) is 16.5. The topological polar surface area (TPSA) is 45.2 Å². The monoisotopic (exact) mass is 233 g/mol. The number of nitrogens with one attached hydrogen (secondary N) is 1. The van der Waals surface area contributed by atoms with Gasteiger partial charge in [-0.3, -0.25) is 4.90 Å². The van der Waals surface area contributed by atoms with Gasteiger partial charge in [-0.15, -0.1) is 0 Å². The van der Waals surface area contributed by atoms with Crippen LogP contribution in [0.3, 0.4) is 0 Å². The van der Waals surface area contributed by atoms with Gasteiger partial charge in [0, 0.05) is 19.3 Å². The summed E-state index contributed by atoms with van der Waals surface area (Å²) in [5, 5.41) is 3.06. The highest BCUT2D eigenvalue weighted by Gasteiger charge is 2.18. The lowest BCUT2D eigenvalue weighted by molar-refractivity contribution is 0.239. The molecule has 1 fully saturated rings. The Labute approximate surface area is 102 Å². The van der Waals surface area contributed by atoms with Gasteiger partial charge in [0.15, 0.2) is 0 Å². The first-order valence-corrected chi connectivity index (χ1v) is 6.22. The fraction of sp³-hybridized carbons (Fsp3) is 0.538. The molecule has 1 heterocycles. The number of anilines is 1. The quantitative estimate of drug-likeness (QED) is 0.853. The van der Waals surface area contributed by atoms with Gasteiger partial charge in [0.05, 0.1) is 0 Å². The summed E-state index contributed by atoms with van der Waals surface area (Å²) in [6.07, 6.45) is 7.63. The molecule has 1 saturated carbocycles. The summed E-state index contributed by atoms with van der Waals surface area (Å²) in [6.45, 7) is 0. The van der Waals surface area contributed by atoms with Crippen LogP contribution in [0.1, 0.15) is 32.1 Å². The largest absolute Gasteiger partial charge is 0.335 e. The van der Waals surface area contributed by atoms with Gasteiger partial charge in [-0.1, -0.05) is 25.3 Å². The van der Waals surface area contributed by atoms with Crippen LogP contribution in [0.2, 0.25) is 0 Å². The highest BCUT2D eigenvalue weighted by atomic mass is 16.2. The van der Waals surface area contributed by atoms with E-state index in [1.54, 1.807) is 18.1 Å². The zero-order valence-electron chi connectivity index (χ0n) is 10.2. The molecule has 1 N–H and O–H groups in total. The molecule has 0 bridgehead atoms. The van der Waals surface area contributed by atoms with Crippen molar-refractivity contribution in [1.82, 2.24) is 10.3 Å². The van der Waals surface area contributed by atoms with Crippen LogP contribution in [0.15, 0.2) is 24.4 Å². The Morgan fingerprint density at radius 2 is 2.12 bits per heavy atom. The Hall–Kier alpha value is -1.58. The molecule has 17 heavy (non-hydrogen) atoms. The van der Waals surface area contributed by atoms with Crippen molar-refractivity contribution in [3.05, 3.63) is 24.4 Å². The summed E-state index contributed by atoms with van der Waals surface area (Å²) >= 11 is 0. The van der Waals surface area contributed by atoms with E-state index in [-0.39, 0.29) is 6.03 Å². The number of carbonyl (C=O) groups excluding carboxylic acids is 1. The van der Waals surface area contributed by atoms with Gasteiger partial charge in [0.2, 0.25) is 0 Å². The molecule has 0 spiro atoms. The summed E-state index contributed by atoms with van der Waals surface area (Å²) < 4.78 is 0. The number of urea groups is 1. The lowest BCUT2D eigenvalue weighted by Gasteiger charge is -2.25. The Balaban J connectivity index is 1.91. The van der Waals surface area contributed by atoms with Crippen molar-refractivity contribution in [2.45, 2.75) is 38.1 Å². The molecule has 0 aliphatic heterocycles. The number of hydrogen-bond donors (Lipinski definition) is 1. The first kappa shape index (κ1) is 11.9. The van der Waals surface area contributed by atoms with Crippen molar-refractivity contribution in [3.8, 4) is 0 Å². The summed E-state index contributed by atoms with van der Waals surface area (Å²) in [4.78, 5) is 17.7. The average molecular weight is 233 g/mol. The molecule has 4 nitrogen and oxygen atoms in total. The van der Waals surface area contributed by atoms with E-state index in [4.69, 9.17) is 0 Å². The van der Waals surface area contributed by atoms with Crippen LogP contribution in [0.25, 0.3) is 0 Å². The molecule has 1 aromatic rings. The molecule has 92 valence electrons. The number of carbonyl (C=O) groups is 1. The van der Waals surface area contributed by atoms with Crippen molar-refractivity contribution < 1.29 is 4.79 Å². The minimum atomic E-state index is -0.0596. The van der Waals surface area contributed by atoms with Crippen LogP contribution >= 0.6 is 0 Å². The molecule has 0 unspecified atom stereocenters. The molecule has 1 aliphatic rings. The molecule has 2 rings (SSSR count). The molecule has 2 amide bonds. The van der Waals surface area contributed by atoms with Gasteiger partial charge in [0.25, 0.3) is 0 Å². The Morgan fingerprint density at radius 1 is 1.35 bits per heavy atom. The van der Waals surface area contributed by atoms with Gasteiger partial charge in [-0.2, -0.15) is 0 Å². The number of rotatable bonds is 2. The molecular weight excluding hydrogens is 214 g/mol. The number of aromatic nitrogens is 1. The second-order valence-corrected chi connectivity index (χ2v) is 4.53. The molecular formula is C13H19N3O. The number of nitrogens with zero attached hydrogens (tertiary/aromatic N) is 2. The molecule has 0 radical (unpaired) electrons. The van der Waals surface area contributed by atoms with Crippen LogP contribution in [0.4, 0.5) is 10.6 Å². The highest BCUT2D eigenvalue weighted by molar-refractivity contribution is 5.90. The van der Waals surface area contributed by atoms with Crippen molar-refractivity contribution in [2.24, 2.45) is 0 Å². The van der Waals surface area contributed by atoms with E-state index in [1.165, 1.54) is 19.3 Å². The van der Waals surface area contributed by atoms with Crippen LogP contribution in [0, 0.1) is 0 Å². The minimum absolute atomic E-state index is 0.0596. The molecule has 0 saturated heterocycles. The first-order chi connectivity index (χ1) is 8.27. The predicted molar refractivity (Wildman–Crippen MR) is 68.0 cm³/mol. The van der Waals surface area contributed by atoms with Gasteiger partial charge in [-0.25, -0.2) is 9.78 Å². The lowest BCUT2D eigenvalue weighted by atomic mass is 9.96. The molecule has 1 aliphatic carbocycles. The number of hydrogen-bond acceptors (Lipinski definition) is 2. The van der Waals surface area contributed by atoms with Gasteiger partial charge in [-0.05, 0) is 25.0 Å². The molecule has 1 aromatic heterocycles. The SMILES string of the molecule is CN(C(=O)NC1CCCCC1)c1ccccn1. The fourth-order valence-electron chi connectivity index (χ4n) is 2.17. The molecule has 0 atom stereocenters. The van der Waals surface area contributed by atoms with E-state index in [0.717, 1.165) is 12.8 Å². The zero-order valence-corrected chi connectivity index (χ0v) is 10.2. The summed E-state index contributed by atoms with van der Waals surface area (Å²) in [5.41, 5.74) is 0. The van der Waals surface area contributed by atoms with Gasteiger partial charge < -0.3 is 5.32 Å². The lowest BCUT2D eigenvalue weighted by Crippen LogP contribution is -2.44. The van der Waals surface area contributed by atoms with Crippen molar-refractivity contribution in [3.63, 3.8) is 0 Å². The molecule has 0 aromatic carbocycles. The zero-order chi connectivity index (χ0) is 12.1. The Morgan fingerprint density at radius 3 is 2.76 bits per heavy atom. The number of amides is 2. The van der Waals surface area contributed by atoms with Crippen molar-refractivity contribution in [1.29, 1.82) is 0 Å². The van der Waals surface area contributed by atoms with Crippen LogP contribution in [0.5, 0.6) is 0 Å². The van der Waals surface area contributed by atoms with Gasteiger partial charge in [0.1, 0.15) is 5.82 Å². The maximum absolute atomic E-state index is 12.0. The smallest absolute Gasteiger partial charge is 0.323 e. The second kappa shape index (κ2) is 5.66. The third kappa shape index (κ3) is 3.19. The summed E-state index contributed by atoms with van der Waals surface area (Å²) in [5.74, 6) is 0.681.